The predicted molar refractivity (Wildman–Crippen MR) is 41.1 cm³/mol. The summed E-state index contributed by atoms with van der Waals surface area (Å²) in [6, 6.07) is 0. The molecule has 0 nitrogen and oxygen atoms in total. The standard InChI is InChI=1S/C5H8Br2/c1-4(2)5(7)3-6/h3H2,1-2H3. The summed E-state index contributed by atoms with van der Waals surface area (Å²) in [6.45, 7) is 4.15. The molecule has 7 heavy (non-hydrogen) atoms. The normalized spacial score (nSPS) is 8.57. The minimum Gasteiger partial charge on any atom is -0.0870 e. The Labute approximate surface area is 61.2 Å². The lowest BCUT2D eigenvalue weighted by Crippen LogP contribution is -1.73. The Balaban J connectivity index is 3.72. The van der Waals surface area contributed by atoms with Gasteiger partial charge in [-0.25, -0.2) is 0 Å². The highest BCUT2D eigenvalue weighted by Crippen LogP contribution is 2.12. The van der Waals surface area contributed by atoms with Crippen molar-refractivity contribution in [2.75, 3.05) is 5.33 Å². The van der Waals surface area contributed by atoms with Gasteiger partial charge in [-0.2, -0.15) is 0 Å². The van der Waals surface area contributed by atoms with Crippen LogP contribution < -0.4 is 0 Å². The third-order valence-electron chi connectivity index (χ3n) is 0.660. The van der Waals surface area contributed by atoms with Crippen LogP contribution in [0.5, 0.6) is 0 Å². The third-order valence-corrected chi connectivity index (χ3v) is 3.05. The van der Waals surface area contributed by atoms with Crippen LogP contribution in [0, 0.1) is 0 Å². The lowest BCUT2D eigenvalue weighted by molar-refractivity contribution is 1.36. The van der Waals surface area contributed by atoms with Gasteiger partial charge in [0.15, 0.2) is 0 Å². The Morgan fingerprint density at radius 3 is 1.86 bits per heavy atom. The summed E-state index contributed by atoms with van der Waals surface area (Å²) in [5.74, 6) is 0. The second kappa shape index (κ2) is 3.67. The van der Waals surface area contributed by atoms with Crippen LogP contribution in [0.3, 0.4) is 0 Å². The lowest BCUT2D eigenvalue weighted by Gasteiger charge is -1.91. The molecular formula is C5H8Br2. The third kappa shape index (κ3) is 3.30. The summed E-state index contributed by atoms with van der Waals surface area (Å²) in [5.41, 5.74) is 1.33. The van der Waals surface area contributed by atoms with Gasteiger partial charge in [-0.1, -0.05) is 37.4 Å². The van der Waals surface area contributed by atoms with Crippen LogP contribution in [0.25, 0.3) is 0 Å². The highest BCUT2D eigenvalue weighted by molar-refractivity contribution is 9.13. The van der Waals surface area contributed by atoms with Crippen molar-refractivity contribution < 1.29 is 0 Å². The molecule has 0 radical (unpaired) electrons. The maximum absolute atomic E-state index is 3.37. The average Bonchev–Trinajstić information content (AvgIpc) is 1.65. The maximum atomic E-state index is 3.37. The first-order valence-corrected chi connectivity index (χ1v) is 3.97. The van der Waals surface area contributed by atoms with E-state index in [2.05, 4.69) is 45.7 Å². The zero-order valence-electron chi connectivity index (χ0n) is 4.46. The maximum Gasteiger partial charge on any atom is 0.0348 e. The lowest BCUT2D eigenvalue weighted by atomic mass is 10.3. The Morgan fingerprint density at radius 2 is 1.86 bits per heavy atom. The zero-order valence-corrected chi connectivity index (χ0v) is 7.64. The number of allylic oxidation sites excluding steroid dienone is 2. The summed E-state index contributed by atoms with van der Waals surface area (Å²) >= 11 is 6.68. The van der Waals surface area contributed by atoms with Gasteiger partial charge in [-0.3, -0.25) is 0 Å². The van der Waals surface area contributed by atoms with Crippen LogP contribution in [0.2, 0.25) is 0 Å². The van der Waals surface area contributed by atoms with Gasteiger partial charge in [-0.05, 0) is 13.8 Å². The van der Waals surface area contributed by atoms with Crippen molar-refractivity contribution in [3.05, 3.63) is 10.1 Å². The molecule has 0 aromatic carbocycles. The predicted octanol–water partition coefficient (Wildman–Crippen LogP) is 3.07. The van der Waals surface area contributed by atoms with Crippen LogP contribution in [-0.4, -0.2) is 5.33 Å². The Kier molecular flexibility index (Phi) is 4.04. The smallest absolute Gasteiger partial charge is 0.0348 e. The molecule has 0 aliphatic heterocycles. The molecule has 0 fully saturated rings. The molecule has 0 amide bonds. The molecular weight excluding hydrogens is 220 g/mol. The van der Waals surface area contributed by atoms with Crippen molar-refractivity contribution in [1.29, 1.82) is 0 Å². The van der Waals surface area contributed by atoms with E-state index in [1.165, 1.54) is 10.1 Å². The van der Waals surface area contributed by atoms with Gasteiger partial charge in [0, 0.05) is 9.81 Å². The number of hydrogen-bond acceptors (Lipinski definition) is 0. The van der Waals surface area contributed by atoms with E-state index in [1.54, 1.807) is 0 Å². The van der Waals surface area contributed by atoms with Crippen molar-refractivity contribution in [3.8, 4) is 0 Å². The van der Waals surface area contributed by atoms with Gasteiger partial charge < -0.3 is 0 Å². The second-order valence-electron chi connectivity index (χ2n) is 1.54. The van der Waals surface area contributed by atoms with E-state index in [1.807, 2.05) is 0 Å². The molecule has 42 valence electrons. The molecule has 0 bridgehead atoms. The minimum absolute atomic E-state index is 0.926. The first-order valence-electron chi connectivity index (χ1n) is 2.06. The van der Waals surface area contributed by atoms with Gasteiger partial charge in [0.25, 0.3) is 0 Å². The van der Waals surface area contributed by atoms with Crippen molar-refractivity contribution in [2.45, 2.75) is 13.8 Å². The Bertz CT molecular complexity index is 80.1. The van der Waals surface area contributed by atoms with E-state index in [-0.39, 0.29) is 0 Å². The molecule has 0 spiro atoms. The second-order valence-corrected chi connectivity index (χ2v) is 3.06. The first kappa shape index (κ1) is 7.70. The molecule has 0 heterocycles. The van der Waals surface area contributed by atoms with Crippen LogP contribution in [0.4, 0.5) is 0 Å². The average molecular weight is 228 g/mol. The van der Waals surface area contributed by atoms with E-state index in [9.17, 15) is 0 Å². The minimum atomic E-state index is 0.926. The fraction of sp³-hybridized carbons (Fsp3) is 0.600. The topological polar surface area (TPSA) is 0 Å². The number of halogens is 2. The monoisotopic (exact) mass is 226 g/mol. The fourth-order valence-electron chi connectivity index (χ4n) is 0.134. The van der Waals surface area contributed by atoms with Gasteiger partial charge >= 0.3 is 0 Å². The quantitative estimate of drug-likeness (QED) is 0.605. The van der Waals surface area contributed by atoms with E-state index in [0.717, 1.165) is 5.33 Å². The highest BCUT2D eigenvalue weighted by atomic mass is 79.9. The first-order chi connectivity index (χ1) is 3.18. The van der Waals surface area contributed by atoms with Crippen molar-refractivity contribution in [3.63, 3.8) is 0 Å². The molecule has 2 heteroatoms. The molecule has 0 saturated carbocycles. The van der Waals surface area contributed by atoms with Crippen LogP contribution >= 0.6 is 31.9 Å². The number of alkyl halides is 1. The highest BCUT2D eigenvalue weighted by Gasteiger charge is 1.86. The summed E-state index contributed by atoms with van der Waals surface area (Å²) in [5, 5.41) is 0.926. The van der Waals surface area contributed by atoms with Crippen molar-refractivity contribution in [2.24, 2.45) is 0 Å². The summed E-state index contributed by atoms with van der Waals surface area (Å²) in [6.07, 6.45) is 0. The van der Waals surface area contributed by atoms with Crippen LogP contribution in [0.15, 0.2) is 10.1 Å². The van der Waals surface area contributed by atoms with Crippen molar-refractivity contribution >= 4 is 31.9 Å². The largest absolute Gasteiger partial charge is 0.0870 e. The van der Waals surface area contributed by atoms with E-state index in [4.69, 9.17) is 0 Å². The van der Waals surface area contributed by atoms with Crippen LogP contribution in [0.1, 0.15) is 13.8 Å². The molecule has 0 aromatic rings. The van der Waals surface area contributed by atoms with Gasteiger partial charge in [0.1, 0.15) is 0 Å². The molecule has 0 unspecified atom stereocenters. The molecule has 0 saturated heterocycles. The molecule has 0 atom stereocenters. The van der Waals surface area contributed by atoms with E-state index in [0.29, 0.717) is 0 Å². The van der Waals surface area contributed by atoms with E-state index >= 15 is 0 Å². The SMILES string of the molecule is CC(C)=C(Br)CBr. The van der Waals surface area contributed by atoms with Crippen molar-refractivity contribution in [1.82, 2.24) is 0 Å². The molecule has 0 rings (SSSR count). The number of rotatable bonds is 1. The van der Waals surface area contributed by atoms with Gasteiger partial charge in [0.05, 0.1) is 0 Å². The van der Waals surface area contributed by atoms with E-state index < -0.39 is 0 Å². The fourth-order valence-corrected chi connectivity index (χ4v) is 0.694. The molecule has 0 aromatic heterocycles. The molecule has 0 N–H and O–H groups in total. The summed E-state index contributed by atoms with van der Waals surface area (Å²) < 4.78 is 1.24. The zero-order chi connectivity index (χ0) is 5.86. The Morgan fingerprint density at radius 1 is 1.43 bits per heavy atom. The Hall–Kier alpha value is 0.700. The number of hydrogen-bond donors (Lipinski definition) is 0. The summed E-state index contributed by atoms with van der Waals surface area (Å²) in [7, 11) is 0. The summed E-state index contributed by atoms with van der Waals surface area (Å²) in [4.78, 5) is 0. The van der Waals surface area contributed by atoms with Crippen LogP contribution in [-0.2, 0) is 0 Å². The molecule has 0 aliphatic rings. The molecule has 0 aliphatic carbocycles. The van der Waals surface area contributed by atoms with Gasteiger partial charge in [-0.15, -0.1) is 0 Å². The van der Waals surface area contributed by atoms with Gasteiger partial charge in [0.2, 0.25) is 0 Å².